The Labute approximate surface area is 180 Å². The molecule has 3 rings (SSSR count). The average molecular weight is 490 g/mol. The summed E-state index contributed by atoms with van der Waals surface area (Å²) in [5.74, 6) is 0.228. The van der Waals surface area contributed by atoms with Gasteiger partial charge < -0.3 is 10.1 Å². The Morgan fingerprint density at radius 2 is 1.70 bits per heavy atom. The van der Waals surface area contributed by atoms with Crippen LogP contribution in [-0.2, 0) is 13.2 Å². The molecule has 0 saturated carbocycles. The van der Waals surface area contributed by atoms with Gasteiger partial charge in [0.15, 0.2) is 0 Å². The van der Waals surface area contributed by atoms with Crippen LogP contribution in [0.5, 0.6) is 5.75 Å². The summed E-state index contributed by atoms with van der Waals surface area (Å²) in [6, 6.07) is 15.4. The molecule has 0 radical (unpaired) electrons. The molecule has 0 unspecified atom stereocenters. The molecule has 7 heteroatoms. The Morgan fingerprint density at radius 1 is 0.963 bits per heavy atom. The van der Waals surface area contributed by atoms with E-state index in [2.05, 4.69) is 21.2 Å². The van der Waals surface area contributed by atoms with E-state index in [1.165, 1.54) is 6.07 Å². The smallest absolute Gasteiger partial charge is 0.131 e. The Balaban J connectivity index is 1.76. The molecule has 1 N–H and O–H groups in total. The Morgan fingerprint density at radius 3 is 2.41 bits per heavy atom. The van der Waals surface area contributed by atoms with Crippen molar-refractivity contribution < 1.29 is 9.13 Å². The van der Waals surface area contributed by atoms with Crippen LogP contribution in [0.4, 0.5) is 10.1 Å². The number of hydrogen-bond acceptors (Lipinski definition) is 2. The van der Waals surface area contributed by atoms with Crippen molar-refractivity contribution in [3.8, 4) is 5.75 Å². The van der Waals surface area contributed by atoms with Gasteiger partial charge in [-0.2, -0.15) is 0 Å². The monoisotopic (exact) mass is 487 g/mol. The van der Waals surface area contributed by atoms with Crippen LogP contribution >= 0.6 is 50.7 Å². The van der Waals surface area contributed by atoms with E-state index in [-0.39, 0.29) is 6.61 Å². The topological polar surface area (TPSA) is 21.3 Å². The number of anilines is 1. The van der Waals surface area contributed by atoms with Gasteiger partial charge in [-0.25, -0.2) is 4.39 Å². The second kappa shape index (κ2) is 9.16. The molecule has 0 aliphatic rings. The summed E-state index contributed by atoms with van der Waals surface area (Å²) in [6.45, 7) is 0.500. The minimum absolute atomic E-state index is 0.0309. The summed E-state index contributed by atoms with van der Waals surface area (Å²) < 4.78 is 20.7. The molecule has 0 fully saturated rings. The van der Waals surface area contributed by atoms with Gasteiger partial charge in [0.2, 0.25) is 0 Å². The molecule has 27 heavy (non-hydrogen) atoms. The molecule has 140 valence electrons. The number of rotatable bonds is 6. The highest BCUT2D eigenvalue weighted by atomic mass is 79.9. The van der Waals surface area contributed by atoms with Crippen molar-refractivity contribution in [3.05, 3.63) is 91.1 Å². The number of ether oxygens (including phenoxy) is 1. The summed E-state index contributed by atoms with van der Waals surface area (Å²) in [7, 11) is 0. The van der Waals surface area contributed by atoms with Crippen LogP contribution < -0.4 is 10.1 Å². The van der Waals surface area contributed by atoms with Crippen molar-refractivity contribution >= 4 is 56.4 Å². The van der Waals surface area contributed by atoms with Crippen LogP contribution in [0.1, 0.15) is 11.1 Å². The van der Waals surface area contributed by atoms with E-state index in [0.29, 0.717) is 32.9 Å². The summed E-state index contributed by atoms with van der Waals surface area (Å²) >= 11 is 21.6. The molecule has 3 aromatic carbocycles. The predicted molar refractivity (Wildman–Crippen MR) is 114 cm³/mol. The van der Waals surface area contributed by atoms with Gasteiger partial charge in [-0.05, 0) is 48.5 Å². The SMILES string of the molecule is Fc1cccc(Cl)c1COc1ccc(Br)cc1CNc1cc(Cl)cc(Cl)c1. The third kappa shape index (κ3) is 5.52. The molecule has 0 heterocycles. The number of hydrogen-bond donors (Lipinski definition) is 1. The molecule has 3 aromatic rings. The highest BCUT2D eigenvalue weighted by Crippen LogP contribution is 2.28. The lowest BCUT2D eigenvalue weighted by molar-refractivity contribution is 0.297. The van der Waals surface area contributed by atoms with Gasteiger partial charge in [0.05, 0.1) is 5.02 Å². The first kappa shape index (κ1) is 20.3. The molecule has 0 spiro atoms. The quantitative estimate of drug-likeness (QED) is 0.382. The highest BCUT2D eigenvalue weighted by molar-refractivity contribution is 9.10. The maximum atomic E-state index is 14.0. The van der Waals surface area contributed by atoms with E-state index >= 15 is 0 Å². The summed E-state index contributed by atoms with van der Waals surface area (Å²) in [5.41, 5.74) is 1.99. The molecule has 0 bridgehead atoms. The molecule has 0 atom stereocenters. The van der Waals surface area contributed by atoms with Gasteiger partial charge >= 0.3 is 0 Å². The van der Waals surface area contributed by atoms with Crippen molar-refractivity contribution in [1.29, 1.82) is 0 Å². The van der Waals surface area contributed by atoms with Crippen molar-refractivity contribution in [3.63, 3.8) is 0 Å². The molecule has 0 aliphatic heterocycles. The standard InChI is InChI=1S/C20H14BrCl3FNO/c21-13-4-5-20(27-11-17-18(24)2-1-3-19(17)25)12(6-13)10-26-16-8-14(22)7-15(23)9-16/h1-9,26H,10-11H2. The van der Waals surface area contributed by atoms with Gasteiger partial charge in [0, 0.05) is 37.9 Å². The fourth-order valence-electron chi connectivity index (χ4n) is 2.50. The van der Waals surface area contributed by atoms with E-state index < -0.39 is 5.82 Å². The molecule has 0 aliphatic carbocycles. The maximum absolute atomic E-state index is 14.0. The van der Waals surface area contributed by atoms with Gasteiger partial charge in [0.25, 0.3) is 0 Å². The lowest BCUT2D eigenvalue weighted by Gasteiger charge is -2.15. The lowest BCUT2D eigenvalue weighted by Crippen LogP contribution is -2.05. The summed E-state index contributed by atoms with van der Waals surface area (Å²) in [5, 5.41) is 4.69. The molecule has 0 aromatic heterocycles. The predicted octanol–water partition coefficient (Wildman–Crippen LogP) is 7.74. The molecular weight excluding hydrogens is 475 g/mol. The normalized spacial score (nSPS) is 10.7. The summed E-state index contributed by atoms with van der Waals surface area (Å²) in [6.07, 6.45) is 0. The average Bonchev–Trinajstić information content (AvgIpc) is 2.60. The fraction of sp³-hybridized carbons (Fsp3) is 0.100. The molecular formula is C20H14BrCl3FNO. The number of benzene rings is 3. The Hall–Kier alpha value is -1.46. The maximum Gasteiger partial charge on any atom is 0.131 e. The van der Waals surface area contributed by atoms with E-state index in [0.717, 1.165) is 15.7 Å². The van der Waals surface area contributed by atoms with E-state index in [4.69, 9.17) is 39.5 Å². The van der Waals surface area contributed by atoms with Crippen molar-refractivity contribution in [2.24, 2.45) is 0 Å². The van der Waals surface area contributed by atoms with Crippen LogP contribution in [0.3, 0.4) is 0 Å². The van der Waals surface area contributed by atoms with Crippen molar-refractivity contribution in [1.82, 2.24) is 0 Å². The highest BCUT2D eigenvalue weighted by Gasteiger charge is 2.10. The van der Waals surface area contributed by atoms with E-state index in [1.54, 1.807) is 30.3 Å². The third-order valence-electron chi connectivity index (χ3n) is 3.80. The first-order chi connectivity index (χ1) is 12.9. The molecule has 0 saturated heterocycles. The van der Waals surface area contributed by atoms with E-state index in [1.807, 2.05) is 18.2 Å². The fourth-order valence-corrected chi connectivity index (χ4v) is 3.65. The zero-order valence-electron chi connectivity index (χ0n) is 13.9. The molecule has 2 nitrogen and oxygen atoms in total. The number of halogens is 5. The van der Waals surface area contributed by atoms with Gasteiger partial charge in [0.1, 0.15) is 18.2 Å². The van der Waals surface area contributed by atoms with Crippen LogP contribution in [0, 0.1) is 5.82 Å². The van der Waals surface area contributed by atoms with Crippen LogP contribution in [0.25, 0.3) is 0 Å². The largest absolute Gasteiger partial charge is 0.488 e. The number of nitrogens with one attached hydrogen (secondary N) is 1. The van der Waals surface area contributed by atoms with Crippen molar-refractivity contribution in [2.45, 2.75) is 13.2 Å². The zero-order chi connectivity index (χ0) is 19.4. The van der Waals surface area contributed by atoms with Crippen molar-refractivity contribution in [2.75, 3.05) is 5.32 Å². The second-order valence-corrected chi connectivity index (χ2v) is 7.95. The van der Waals surface area contributed by atoms with Gasteiger partial charge in [-0.1, -0.05) is 56.8 Å². The minimum atomic E-state index is -0.396. The van der Waals surface area contributed by atoms with E-state index in [9.17, 15) is 4.39 Å². The Kier molecular flexibility index (Phi) is 6.88. The van der Waals surface area contributed by atoms with Crippen LogP contribution in [-0.4, -0.2) is 0 Å². The summed E-state index contributed by atoms with van der Waals surface area (Å²) in [4.78, 5) is 0. The second-order valence-electron chi connectivity index (χ2n) is 5.75. The molecule has 0 amide bonds. The Bertz CT molecular complexity index is 927. The first-order valence-corrected chi connectivity index (χ1v) is 9.89. The zero-order valence-corrected chi connectivity index (χ0v) is 17.8. The lowest BCUT2D eigenvalue weighted by atomic mass is 10.2. The van der Waals surface area contributed by atoms with Crippen LogP contribution in [0.15, 0.2) is 59.1 Å². The third-order valence-corrected chi connectivity index (χ3v) is 5.09. The minimum Gasteiger partial charge on any atom is -0.488 e. The van der Waals surface area contributed by atoms with Gasteiger partial charge in [-0.15, -0.1) is 0 Å². The van der Waals surface area contributed by atoms with Gasteiger partial charge in [-0.3, -0.25) is 0 Å². The van der Waals surface area contributed by atoms with Crippen LogP contribution in [0.2, 0.25) is 15.1 Å². The first-order valence-electron chi connectivity index (χ1n) is 7.96.